The van der Waals surface area contributed by atoms with Gasteiger partial charge in [0.2, 0.25) is 10.0 Å². The summed E-state index contributed by atoms with van der Waals surface area (Å²) in [6.45, 7) is 2.70. The van der Waals surface area contributed by atoms with E-state index in [0.717, 1.165) is 38.5 Å². The van der Waals surface area contributed by atoms with E-state index in [1.54, 1.807) is 0 Å². The molecule has 1 aromatic rings. The van der Waals surface area contributed by atoms with E-state index in [-0.39, 0.29) is 16.5 Å². The summed E-state index contributed by atoms with van der Waals surface area (Å²) in [4.78, 5) is 11.2. The number of hydrogen-bond acceptors (Lipinski definition) is 4. The molecule has 1 fully saturated rings. The average Bonchev–Trinajstić information content (AvgIpc) is 2.99. The van der Waals surface area contributed by atoms with Crippen LogP contribution in [0.4, 0.5) is 5.69 Å². The van der Waals surface area contributed by atoms with Gasteiger partial charge in [-0.25, -0.2) is 17.9 Å². The highest BCUT2D eigenvalue weighted by molar-refractivity contribution is 7.89. The van der Waals surface area contributed by atoms with Crippen molar-refractivity contribution in [2.75, 3.05) is 11.9 Å². The fraction of sp³-hybridized carbons (Fsp3) is 0.562. The van der Waals surface area contributed by atoms with Crippen molar-refractivity contribution >= 4 is 21.7 Å². The van der Waals surface area contributed by atoms with Gasteiger partial charge in [-0.15, -0.1) is 0 Å². The van der Waals surface area contributed by atoms with Crippen LogP contribution in [0.2, 0.25) is 0 Å². The number of anilines is 1. The highest BCUT2D eigenvalue weighted by atomic mass is 32.2. The number of hydrogen-bond donors (Lipinski definition) is 3. The molecule has 1 aliphatic rings. The summed E-state index contributed by atoms with van der Waals surface area (Å²) in [5.41, 5.74) is 0.423. The maximum absolute atomic E-state index is 12.7. The molecule has 6 nitrogen and oxygen atoms in total. The van der Waals surface area contributed by atoms with E-state index in [1.165, 1.54) is 18.2 Å². The Labute approximate surface area is 137 Å². The Morgan fingerprint density at radius 3 is 2.61 bits per heavy atom. The van der Waals surface area contributed by atoms with Gasteiger partial charge in [-0.05, 0) is 37.5 Å². The van der Waals surface area contributed by atoms with Crippen molar-refractivity contribution in [1.82, 2.24) is 4.72 Å². The van der Waals surface area contributed by atoms with E-state index in [2.05, 4.69) is 17.0 Å². The van der Waals surface area contributed by atoms with Gasteiger partial charge in [0.25, 0.3) is 0 Å². The van der Waals surface area contributed by atoms with Crippen LogP contribution < -0.4 is 10.0 Å². The standard InChI is InChI=1S/C16H24N2O4S/c1-2-3-10-17-14-9-8-12(16(19)20)11-15(14)23(21,22)18-13-6-4-5-7-13/h8-9,11,13,17-18H,2-7,10H2,1H3,(H,19,20). The minimum atomic E-state index is -3.74. The molecular formula is C16H24N2O4S. The number of carboxylic acids is 1. The van der Waals surface area contributed by atoms with Crippen LogP contribution in [0.25, 0.3) is 0 Å². The molecule has 0 heterocycles. The Morgan fingerprint density at radius 1 is 1.30 bits per heavy atom. The van der Waals surface area contributed by atoms with Crippen LogP contribution in [-0.4, -0.2) is 32.1 Å². The molecule has 1 aliphatic carbocycles. The highest BCUT2D eigenvalue weighted by Crippen LogP contribution is 2.26. The van der Waals surface area contributed by atoms with E-state index in [0.29, 0.717) is 12.2 Å². The van der Waals surface area contributed by atoms with Crippen LogP contribution >= 0.6 is 0 Å². The number of rotatable bonds is 8. The second-order valence-electron chi connectivity index (χ2n) is 5.90. The summed E-state index contributed by atoms with van der Waals surface area (Å²) in [5.74, 6) is -1.14. The zero-order chi connectivity index (χ0) is 16.9. The minimum absolute atomic E-state index is 0.0143. The second kappa shape index (κ2) is 7.79. The summed E-state index contributed by atoms with van der Waals surface area (Å²) in [5, 5.41) is 12.2. The fourth-order valence-electron chi connectivity index (χ4n) is 2.75. The summed E-state index contributed by atoms with van der Waals surface area (Å²) in [6.07, 6.45) is 5.60. The maximum Gasteiger partial charge on any atom is 0.335 e. The number of aromatic carboxylic acids is 1. The molecule has 2 rings (SSSR count). The first-order chi connectivity index (χ1) is 10.9. The molecule has 23 heavy (non-hydrogen) atoms. The number of carboxylic acid groups (broad SMARTS) is 1. The molecule has 0 saturated heterocycles. The topological polar surface area (TPSA) is 95.5 Å². The molecule has 0 atom stereocenters. The predicted molar refractivity (Wildman–Crippen MR) is 89.4 cm³/mol. The first-order valence-electron chi connectivity index (χ1n) is 8.07. The molecule has 0 radical (unpaired) electrons. The third-order valence-electron chi connectivity index (χ3n) is 4.04. The van der Waals surface area contributed by atoms with Crippen LogP contribution in [-0.2, 0) is 10.0 Å². The second-order valence-corrected chi connectivity index (χ2v) is 7.58. The fourth-order valence-corrected chi connectivity index (χ4v) is 4.26. The van der Waals surface area contributed by atoms with Crippen LogP contribution in [0, 0.1) is 0 Å². The van der Waals surface area contributed by atoms with Crippen molar-refractivity contribution in [1.29, 1.82) is 0 Å². The summed E-state index contributed by atoms with van der Waals surface area (Å²) >= 11 is 0. The summed E-state index contributed by atoms with van der Waals surface area (Å²) in [7, 11) is -3.74. The molecule has 1 saturated carbocycles. The largest absolute Gasteiger partial charge is 0.478 e. The van der Waals surface area contributed by atoms with Crippen molar-refractivity contribution in [3.63, 3.8) is 0 Å². The van der Waals surface area contributed by atoms with Crippen molar-refractivity contribution in [3.05, 3.63) is 23.8 Å². The van der Waals surface area contributed by atoms with Gasteiger partial charge in [0.05, 0.1) is 11.3 Å². The van der Waals surface area contributed by atoms with Crippen LogP contribution in [0.15, 0.2) is 23.1 Å². The first-order valence-corrected chi connectivity index (χ1v) is 9.56. The van der Waals surface area contributed by atoms with E-state index >= 15 is 0 Å². The van der Waals surface area contributed by atoms with E-state index < -0.39 is 16.0 Å². The average molecular weight is 340 g/mol. The Morgan fingerprint density at radius 2 is 2.00 bits per heavy atom. The number of nitrogens with one attached hydrogen (secondary N) is 2. The van der Waals surface area contributed by atoms with Crippen molar-refractivity contribution < 1.29 is 18.3 Å². The van der Waals surface area contributed by atoms with Gasteiger partial charge >= 0.3 is 5.97 Å². The Bertz CT molecular complexity index is 652. The summed E-state index contributed by atoms with van der Waals surface area (Å²) in [6, 6.07) is 4.12. The smallest absolute Gasteiger partial charge is 0.335 e. The molecule has 0 aromatic heterocycles. The molecule has 0 aliphatic heterocycles. The quantitative estimate of drug-likeness (QED) is 0.633. The van der Waals surface area contributed by atoms with Gasteiger partial charge in [0, 0.05) is 12.6 Å². The van der Waals surface area contributed by atoms with E-state index in [1.807, 2.05) is 0 Å². The molecule has 3 N–H and O–H groups in total. The van der Waals surface area contributed by atoms with Crippen LogP contribution in [0.5, 0.6) is 0 Å². The van der Waals surface area contributed by atoms with Crippen molar-refractivity contribution in [2.24, 2.45) is 0 Å². The Balaban J connectivity index is 2.30. The predicted octanol–water partition coefficient (Wildman–Crippen LogP) is 2.82. The van der Waals surface area contributed by atoms with Crippen LogP contribution in [0.1, 0.15) is 55.8 Å². The zero-order valence-corrected chi connectivity index (χ0v) is 14.2. The Kier molecular flexibility index (Phi) is 6.01. The van der Waals surface area contributed by atoms with Crippen molar-refractivity contribution in [2.45, 2.75) is 56.4 Å². The molecule has 0 unspecified atom stereocenters. The molecule has 0 spiro atoms. The third-order valence-corrected chi connectivity index (χ3v) is 5.60. The normalized spacial score (nSPS) is 15.7. The van der Waals surface area contributed by atoms with Crippen molar-refractivity contribution in [3.8, 4) is 0 Å². The zero-order valence-electron chi connectivity index (χ0n) is 13.3. The van der Waals surface area contributed by atoms with Gasteiger partial charge in [0.1, 0.15) is 4.90 Å². The van der Waals surface area contributed by atoms with Gasteiger partial charge in [-0.1, -0.05) is 26.2 Å². The maximum atomic E-state index is 12.7. The molecule has 7 heteroatoms. The lowest BCUT2D eigenvalue weighted by molar-refractivity contribution is 0.0696. The first kappa shape index (κ1) is 17.7. The Hall–Kier alpha value is -1.60. The molecule has 0 bridgehead atoms. The van der Waals surface area contributed by atoms with Gasteiger partial charge in [-0.3, -0.25) is 0 Å². The molecule has 128 valence electrons. The third kappa shape index (κ3) is 4.68. The number of sulfonamides is 1. The number of carbonyl (C=O) groups is 1. The van der Waals surface area contributed by atoms with E-state index in [9.17, 15) is 13.2 Å². The van der Waals surface area contributed by atoms with Gasteiger partial charge < -0.3 is 10.4 Å². The lowest BCUT2D eigenvalue weighted by Gasteiger charge is -2.17. The van der Waals surface area contributed by atoms with Gasteiger partial charge in [-0.2, -0.15) is 0 Å². The number of benzene rings is 1. The molecule has 1 aromatic carbocycles. The van der Waals surface area contributed by atoms with Crippen LogP contribution in [0.3, 0.4) is 0 Å². The minimum Gasteiger partial charge on any atom is -0.478 e. The summed E-state index contributed by atoms with van der Waals surface area (Å²) < 4.78 is 28.1. The monoisotopic (exact) mass is 340 g/mol. The lowest BCUT2D eigenvalue weighted by Crippen LogP contribution is -2.33. The van der Waals surface area contributed by atoms with E-state index in [4.69, 9.17) is 5.11 Å². The SMILES string of the molecule is CCCCNc1ccc(C(=O)O)cc1S(=O)(=O)NC1CCCC1. The molecular weight excluding hydrogens is 316 g/mol. The lowest BCUT2D eigenvalue weighted by atomic mass is 10.2. The highest BCUT2D eigenvalue weighted by Gasteiger charge is 2.26. The number of unbranched alkanes of at least 4 members (excludes halogenated alkanes) is 1. The van der Waals surface area contributed by atoms with Gasteiger partial charge in [0.15, 0.2) is 0 Å². The molecule has 0 amide bonds.